The van der Waals surface area contributed by atoms with E-state index in [4.69, 9.17) is 4.74 Å². The molecule has 2 aromatic heterocycles. The van der Waals surface area contributed by atoms with E-state index >= 15 is 0 Å². The Morgan fingerprint density at radius 1 is 1.43 bits per heavy atom. The van der Waals surface area contributed by atoms with Crippen LogP contribution in [0, 0.1) is 6.92 Å². The summed E-state index contributed by atoms with van der Waals surface area (Å²) in [6.45, 7) is 3.33. The van der Waals surface area contributed by atoms with Gasteiger partial charge in [-0.2, -0.15) is 11.3 Å². The van der Waals surface area contributed by atoms with Gasteiger partial charge in [-0.15, -0.1) is 0 Å². The number of aryl methyl sites for hydroxylation is 1. The van der Waals surface area contributed by atoms with E-state index in [-0.39, 0.29) is 12.0 Å². The maximum atomic E-state index is 12.6. The number of anilines is 1. The predicted molar refractivity (Wildman–Crippen MR) is 92.6 cm³/mol. The lowest BCUT2D eigenvalue weighted by Gasteiger charge is -2.20. The van der Waals surface area contributed by atoms with Crippen molar-refractivity contribution in [2.75, 3.05) is 32.1 Å². The van der Waals surface area contributed by atoms with Crippen molar-refractivity contribution in [3.05, 3.63) is 40.2 Å². The molecule has 0 N–H and O–H groups in total. The lowest BCUT2D eigenvalue weighted by atomic mass is 10.2. The van der Waals surface area contributed by atoms with Gasteiger partial charge < -0.3 is 14.5 Å². The van der Waals surface area contributed by atoms with Gasteiger partial charge in [0.1, 0.15) is 6.10 Å². The van der Waals surface area contributed by atoms with Gasteiger partial charge in [-0.3, -0.25) is 4.79 Å². The van der Waals surface area contributed by atoms with Gasteiger partial charge in [0.25, 0.3) is 5.91 Å². The Morgan fingerprint density at radius 2 is 2.26 bits per heavy atom. The van der Waals surface area contributed by atoms with E-state index in [2.05, 4.69) is 4.98 Å². The second-order valence-corrected chi connectivity index (χ2v) is 6.71. The maximum Gasteiger partial charge on any atom is 0.255 e. The van der Waals surface area contributed by atoms with Crippen molar-refractivity contribution in [3.63, 3.8) is 0 Å². The molecule has 3 heterocycles. The third kappa shape index (κ3) is 3.32. The summed E-state index contributed by atoms with van der Waals surface area (Å²) in [6.07, 6.45) is 2.61. The Balaban J connectivity index is 1.67. The first-order valence-electron chi connectivity index (χ1n) is 7.67. The number of amides is 1. The number of ether oxygens (including phenoxy) is 1. The van der Waals surface area contributed by atoms with E-state index in [1.54, 1.807) is 17.5 Å². The molecule has 0 aliphatic carbocycles. The van der Waals surface area contributed by atoms with Gasteiger partial charge in [0.2, 0.25) is 0 Å². The van der Waals surface area contributed by atoms with Crippen LogP contribution in [0.4, 0.5) is 5.82 Å². The number of likely N-dealkylation sites (tertiary alicyclic amines) is 1. The van der Waals surface area contributed by atoms with Crippen molar-refractivity contribution < 1.29 is 9.53 Å². The molecule has 1 fully saturated rings. The van der Waals surface area contributed by atoms with Crippen molar-refractivity contribution in [1.82, 2.24) is 9.88 Å². The Labute approximate surface area is 140 Å². The summed E-state index contributed by atoms with van der Waals surface area (Å²) >= 11 is 1.57. The average molecular weight is 331 g/mol. The van der Waals surface area contributed by atoms with Gasteiger partial charge in [0, 0.05) is 38.6 Å². The van der Waals surface area contributed by atoms with Crippen molar-refractivity contribution >= 4 is 23.1 Å². The lowest BCUT2D eigenvalue weighted by molar-refractivity contribution is 0.0772. The summed E-state index contributed by atoms with van der Waals surface area (Å²) in [6, 6.07) is 3.80. The zero-order valence-corrected chi connectivity index (χ0v) is 14.5. The molecular weight excluding hydrogens is 310 g/mol. The Hall–Kier alpha value is -2.08. The molecule has 0 aromatic carbocycles. The van der Waals surface area contributed by atoms with Crippen LogP contribution in [0.5, 0.6) is 5.75 Å². The second kappa shape index (κ2) is 6.58. The number of thiophene rings is 1. The van der Waals surface area contributed by atoms with Crippen LogP contribution in [0.2, 0.25) is 0 Å². The molecule has 1 saturated heterocycles. The third-order valence-electron chi connectivity index (χ3n) is 3.99. The van der Waals surface area contributed by atoms with Gasteiger partial charge >= 0.3 is 0 Å². The number of pyridine rings is 1. The number of rotatable bonds is 4. The molecule has 0 saturated carbocycles. The molecule has 23 heavy (non-hydrogen) atoms. The number of carbonyl (C=O) groups is 1. The molecular formula is C17H21N3O2S. The quantitative estimate of drug-likeness (QED) is 0.864. The first kappa shape index (κ1) is 15.8. The topological polar surface area (TPSA) is 45.7 Å². The number of carbonyl (C=O) groups excluding carboxylic acids is 1. The molecule has 3 rings (SSSR count). The van der Waals surface area contributed by atoms with Gasteiger partial charge in [-0.1, -0.05) is 0 Å². The smallest absolute Gasteiger partial charge is 0.255 e. The van der Waals surface area contributed by atoms with Crippen molar-refractivity contribution in [2.45, 2.75) is 19.4 Å². The third-order valence-corrected chi connectivity index (χ3v) is 4.85. The number of hydrogen-bond acceptors (Lipinski definition) is 5. The highest BCUT2D eigenvalue weighted by Crippen LogP contribution is 2.27. The normalized spacial score (nSPS) is 17.3. The number of hydrogen-bond donors (Lipinski definition) is 0. The van der Waals surface area contributed by atoms with E-state index < -0.39 is 0 Å². The zero-order valence-electron chi connectivity index (χ0n) is 13.7. The minimum Gasteiger partial charge on any atom is -0.485 e. The van der Waals surface area contributed by atoms with E-state index in [9.17, 15) is 4.79 Å². The standard InChI is InChI=1S/C17H21N3O2S/c1-12-10-23-11-14(12)17(21)20-8-6-13(9-20)22-15-5-4-7-18-16(15)19(2)3/h4-5,7,10-11,13H,6,8-9H2,1-3H3. The highest BCUT2D eigenvalue weighted by Gasteiger charge is 2.29. The van der Waals surface area contributed by atoms with Crippen molar-refractivity contribution in [1.29, 1.82) is 0 Å². The summed E-state index contributed by atoms with van der Waals surface area (Å²) in [5.41, 5.74) is 1.86. The average Bonchev–Trinajstić information content (AvgIpc) is 3.16. The van der Waals surface area contributed by atoms with Crippen LogP contribution in [0.3, 0.4) is 0 Å². The minimum atomic E-state index is 0.0146. The van der Waals surface area contributed by atoms with Gasteiger partial charge in [-0.25, -0.2) is 4.98 Å². The van der Waals surface area contributed by atoms with Gasteiger partial charge in [0.15, 0.2) is 11.6 Å². The van der Waals surface area contributed by atoms with Crippen LogP contribution in [-0.2, 0) is 0 Å². The highest BCUT2D eigenvalue weighted by atomic mass is 32.1. The van der Waals surface area contributed by atoms with Crippen LogP contribution >= 0.6 is 11.3 Å². The monoisotopic (exact) mass is 331 g/mol. The Morgan fingerprint density at radius 3 is 2.96 bits per heavy atom. The first-order chi connectivity index (χ1) is 11.1. The summed E-state index contributed by atoms with van der Waals surface area (Å²) in [4.78, 5) is 20.7. The molecule has 6 heteroatoms. The van der Waals surface area contributed by atoms with Crippen molar-refractivity contribution in [3.8, 4) is 5.75 Å². The van der Waals surface area contributed by atoms with Crippen LogP contribution in [0.15, 0.2) is 29.1 Å². The summed E-state index contributed by atoms with van der Waals surface area (Å²) in [7, 11) is 3.89. The highest BCUT2D eigenvalue weighted by molar-refractivity contribution is 7.08. The fourth-order valence-corrected chi connectivity index (χ4v) is 3.57. The molecule has 2 aromatic rings. The molecule has 1 unspecified atom stereocenters. The fourth-order valence-electron chi connectivity index (χ4n) is 2.75. The molecule has 0 radical (unpaired) electrons. The second-order valence-electron chi connectivity index (χ2n) is 5.97. The van der Waals surface area contributed by atoms with E-state index in [0.717, 1.165) is 35.7 Å². The molecule has 5 nitrogen and oxygen atoms in total. The molecule has 0 bridgehead atoms. The number of nitrogens with zero attached hydrogens (tertiary/aromatic N) is 3. The molecule has 1 amide bonds. The van der Waals surface area contributed by atoms with Gasteiger partial charge in [-0.05, 0) is 30.0 Å². The molecule has 1 aliphatic heterocycles. The van der Waals surface area contributed by atoms with Crippen LogP contribution in [0.25, 0.3) is 0 Å². The zero-order chi connectivity index (χ0) is 16.4. The molecule has 0 spiro atoms. The van der Waals surface area contributed by atoms with Crippen molar-refractivity contribution in [2.24, 2.45) is 0 Å². The van der Waals surface area contributed by atoms with Crippen LogP contribution < -0.4 is 9.64 Å². The summed E-state index contributed by atoms with van der Waals surface area (Å²) in [5.74, 6) is 1.68. The predicted octanol–water partition coefficient (Wildman–Crippen LogP) is 2.81. The Bertz CT molecular complexity index is 699. The van der Waals surface area contributed by atoms with Crippen LogP contribution in [0.1, 0.15) is 22.3 Å². The van der Waals surface area contributed by atoms with E-state index in [1.807, 2.05) is 53.7 Å². The molecule has 1 atom stereocenters. The van der Waals surface area contributed by atoms with E-state index in [1.165, 1.54) is 0 Å². The number of aromatic nitrogens is 1. The lowest BCUT2D eigenvalue weighted by Crippen LogP contribution is -2.31. The van der Waals surface area contributed by atoms with E-state index in [0.29, 0.717) is 6.54 Å². The summed E-state index contributed by atoms with van der Waals surface area (Å²) < 4.78 is 6.10. The van der Waals surface area contributed by atoms with Crippen LogP contribution in [-0.4, -0.2) is 49.1 Å². The SMILES string of the molecule is Cc1cscc1C(=O)N1CCC(Oc2cccnc2N(C)C)C1. The molecule has 122 valence electrons. The van der Waals surface area contributed by atoms with Gasteiger partial charge in [0.05, 0.1) is 12.1 Å². The molecule has 1 aliphatic rings. The maximum absolute atomic E-state index is 12.6. The largest absolute Gasteiger partial charge is 0.485 e. The summed E-state index contributed by atoms with van der Waals surface area (Å²) in [5, 5.41) is 3.94. The minimum absolute atomic E-state index is 0.0146. The first-order valence-corrected chi connectivity index (χ1v) is 8.61. The fraction of sp³-hybridized carbons (Fsp3) is 0.412. The Kier molecular flexibility index (Phi) is 4.52.